The maximum Gasteiger partial charge on any atom is 0.264 e. The smallest absolute Gasteiger partial charge is 0.264 e. The maximum atomic E-state index is 13.1. The monoisotopic (exact) mass is 480 g/mol. The molecule has 1 amide bonds. The summed E-state index contributed by atoms with van der Waals surface area (Å²) in [7, 11) is -2.19. The third-order valence-electron chi connectivity index (χ3n) is 5.81. The van der Waals surface area contributed by atoms with E-state index in [1.165, 1.54) is 11.4 Å². The molecule has 0 atom stereocenters. The van der Waals surface area contributed by atoms with E-state index in [4.69, 9.17) is 9.47 Å². The number of fused-ring (bicyclic) bond motifs is 1. The van der Waals surface area contributed by atoms with Crippen molar-refractivity contribution in [3.8, 4) is 11.5 Å². The number of rotatable bonds is 7. The van der Waals surface area contributed by atoms with Crippen LogP contribution in [0.15, 0.2) is 71.6 Å². The number of aryl methyl sites for hydroxylation is 1. The molecule has 0 saturated heterocycles. The molecule has 7 nitrogen and oxygen atoms in total. The second kappa shape index (κ2) is 9.77. The van der Waals surface area contributed by atoms with Crippen molar-refractivity contribution in [2.45, 2.75) is 25.3 Å². The Kier molecular flexibility index (Phi) is 6.79. The zero-order valence-electron chi connectivity index (χ0n) is 19.5. The van der Waals surface area contributed by atoms with Gasteiger partial charge in [0.2, 0.25) is 0 Å². The Balaban J connectivity index is 1.48. The van der Waals surface area contributed by atoms with Gasteiger partial charge >= 0.3 is 0 Å². The van der Waals surface area contributed by atoms with Crippen molar-refractivity contribution >= 4 is 21.6 Å². The van der Waals surface area contributed by atoms with Crippen molar-refractivity contribution < 1.29 is 22.7 Å². The highest BCUT2D eigenvalue weighted by molar-refractivity contribution is 7.92. The predicted octanol–water partition coefficient (Wildman–Crippen LogP) is 4.25. The average molecular weight is 481 g/mol. The molecule has 0 saturated carbocycles. The molecule has 0 fully saturated rings. The lowest BCUT2D eigenvalue weighted by Gasteiger charge is -2.24. The molecule has 0 bridgehead atoms. The summed E-state index contributed by atoms with van der Waals surface area (Å²) >= 11 is 0. The lowest BCUT2D eigenvalue weighted by molar-refractivity contribution is 0.0752. The Labute approximate surface area is 200 Å². The van der Waals surface area contributed by atoms with Gasteiger partial charge in [0.1, 0.15) is 13.2 Å². The van der Waals surface area contributed by atoms with Crippen molar-refractivity contribution in [1.82, 2.24) is 4.90 Å². The minimum atomic E-state index is -3.70. The first-order chi connectivity index (χ1) is 16.3. The molecule has 0 N–H and O–H groups in total. The number of hydrogen-bond donors (Lipinski definition) is 0. The molecule has 34 heavy (non-hydrogen) atoms. The van der Waals surface area contributed by atoms with Crippen LogP contribution in [-0.2, 0) is 16.6 Å². The summed E-state index contributed by atoms with van der Waals surface area (Å²) < 4.78 is 38.3. The van der Waals surface area contributed by atoms with Gasteiger partial charge < -0.3 is 14.4 Å². The van der Waals surface area contributed by atoms with Gasteiger partial charge in [0.05, 0.1) is 10.6 Å². The van der Waals surface area contributed by atoms with E-state index < -0.39 is 10.0 Å². The molecule has 8 heteroatoms. The number of ether oxygens (including phenoxy) is 2. The van der Waals surface area contributed by atoms with E-state index in [1.54, 1.807) is 53.4 Å². The summed E-state index contributed by atoms with van der Waals surface area (Å²) in [5.74, 6) is 1.27. The molecule has 0 aromatic heterocycles. The molecule has 3 aromatic rings. The third-order valence-corrected chi connectivity index (χ3v) is 7.61. The van der Waals surface area contributed by atoms with Crippen molar-refractivity contribution in [2.75, 3.05) is 31.1 Å². The van der Waals surface area contributed by atoms with Crippen LogP contribution in [0, 0.1) is 6.92 Å². The number of sulfonamides is 1. The summed E-state index contributed by atoms with van der Waals surface area (Å²) in [5, 5.41) is 0. The normalized spacial score (nSPS) is 12.8. The van der Waals surface area contributed by atoms with E-state index in [0.717, 1.165) is 11.1 Å². The fourth-order valence-electron chi connectivity index (χ4n) is 3.74. The fraction of sp³-hybridized carbons (Fsp3) is 0.269. The van der Waals surface area contributed by atoms with Gasteiger partial charge in [-0.05, 0) is 67.9 Å². The van der Waals surface area contributed by atoms with Crippen LogP contribution in [0.1, 0.15) is 28.4 Å². The summed E-state index contributed by atoms with van der Waals surface area (Å²) in [6, 6.07) is 19.0. The van der Waals surface area contributed by atoms with E-state index >= 15 is 0 Å². The Morgan fingerprint density at radius 2 is 1.56 bits per heavy atom. The van der Waals surface area contributed by atoms with E-state index in [1.807, 2.05) is 32.0 Å². The van der Waals surface area contributed by atoms with Crippen LogP contribution in [-0.4, -0.2) is 46.0 Å². The lowest BCUT2D eigenvalue weighted by atomic mass is 10.1. The molecule has 0 unspecified atom stereocenters. The molecule has 0 radical (unpaired) electrons. The molecule has 0 spiro atoms. The molecule has 4 rings (SSSR count). The van der Waals surface area contributed by atoms with Crippen LogP contribution in [0.4, 0.5) is 5.69 Å². The Bertz CT molecular complexity index is 1270. The second-order valence-electron chi connectivity index (χ2n) is 8.13. The molecule has 1 heterocycles. The van der Waals surface area contributed by atoms with Crippen LogP contribution >= 0.6 is 0 Å². The van der Waals surface area contributed by atoms with Gasteiger partial charge in [0, 0.05) is 25.7 Å². The zero-order chi connectivity index (χ0) is 24.3. The molecular weight excluding hydrogens is 452 g/mol. The molecule has 0 aliphatic carbocycles. The summed E-state index contributed by atoms with van der Waals surface area (Å²) in [6.07, 6.45) is 0. The van der Waals surface area contributed by atoms with Gasteiger partial charge in [-0.3, -0.25) is 9.10 Å². The first-order valence-electron chi connectivity index (χ1n) is 11.1. The number of anilines is 1. The molecule has 1 aliphatic heterocycles. The number of hydrogen-bond acceptors (Lipinski definition) is 5. The minimum absolute atomic E-state index is 0.131. The Morgan fingerprint density at radius 1 is 0.912 bits per heavy atom. The van der Waals surface area contributed by atoms with Gasteiger partial charge in [-0.25, -0.2) is 8.42 Å². The van der Waals surface area contributed by atoms with Crippen molar-refractivity contribution in [3.05, 3.63) is 83.4 Å². The minimum Gasteiger partial charge on any atom is -0.486 e. The molecule has 1 aliphatic rings. The van der Waals surface area contributed by atoms with Gasteiger partial charge in [0.25, 0.3) is 15.9 Å². The largest absolute Gasteiger partial charge is 0.486 e. The zero-order valence-corrected chi connectivity index (χ0v) is 20.3. The van der Waals surface area contributed by atoms with Crippen molar-refractivity contribution in [1.29, 1.82) is 0 Å². The number of carbonyl (C=O) groups excluding carboxylic acids is 1. The van der Waals surface area contributed by atoms with E-state index in [-0.39, 0.29) is 10.8 Å². The topological polar surface area (TPSA) is 76.2 Å². The Morgan fingerprint density at radius 3 is 2.21 bits per heavy atom. The first kappa shape index (κ1) is 23.6. The van der Waals surface area contributed by atoms with Crippen LogP contribution in [0.2, 0.25) is 0 Å². The summed E-state index contributed by atoms with van der Waals surface area (Å²) in [6.45, 7) is 5.82. The van der Waals surface area contributed by atoms with Crippen molar-refractivity contribution in [2.24, 2.45) is 0 Å². The quantitative estimate of drug-likeness (QED) is 0.505. The first-order valence-corrected chi connectivity index (χ1v) is 12.6. The predicted molar refractivity (Wildman–Crippen MR) is 131 cm³/mol. The maximum absolute atomic E-state index is 13.1. The molecular formula is C26H28N2O5S. The number of amides is 1. The fourth-order valence-corrected chi connectivity index (χ4v) is 4.93. The van der Waals surface area contributed by atoms with Crippen LogP contribution in [0.5, 0.6) is 11.5 Å². The van der Waals surface area contributed by atoms with E-state index in [2.05, 4.69) is 0 Å². The van der Waals surface area contributed by atoms with Crippen LogP contribution in [0.25, 0.3) is 0 Å². The average Bonchev–Trinajstić information content (AvgIpc) is 2.86. The number of nitrogens with zero attached hydrogens (tertiary/aromatic N) is 2. The third kappa shape index (κ3) is 4.87. The van der Waals surface area contributed by atoms with Crippen LogP contribution in [0.3, 0.4) is 0 Å². The standard InChI is InChI=1S/C26H28N2O5S/c1-4-28(18-20-7-14-24-25(17-20)33-16-15-32-24)26(29)21-8-10-22(11-9-21)27(3)34(30,31)23-12-5-19(2)6-13-23/h5-14,17H,4,15-16,18H2,1-3H3. The van der Waals surface area contributed by atoms with Gasteiger partial charge in [-0.2, -0.15) is 0 Å². The van der Waals surface area contributed by atoms with Crippen LogP contribution < -0.4 is 13.8 Å². The number of benzene rings is 3. The summed E-state index contributed by atoms with van der Waals surface area (Å²) in [5.41, 5.74) is 2.90. The second-order valence-corrected chi connectivity index (χ2v) is 10.1. The van der Waals surface area contributed by atoms with Gasteiger partial charge in [0.15, 0.2) is 11.5 Å². The SMILES string of the molecule is CCN(Cc1ccc2c(c1)OCCO2)C(=O)c1ccc(N(C)S(=O)(=O)c2ccc(C)cc2)cc1. The van der Waals surface area contributed by atoms with Crippen molar-refractivity contribution in [3.63, 3.8) is 0 Å². The highest BCUT2D eigenvalue weighted by Gasteiger charge is 2.22. The Hall–Kier alpha value is -3.52. The summed E-state index contributed by atoms with van der Waals surface area (Å²) in [4.78, 5) is 15.1. The highest BCUT2D eigenvalue weighted by atomic mass is 32.2. The van der Waals surface area contributed by atoms with Gasteiger partial charge in [-0.1, -0.05) is 23.8 Å². The van der Waals surface area contributed by atoms with E-state index in [9.17, 15) is 13.2 Å². The van der Waals surface area contributed by atoms with Gasteiger partial charge in [-0.15, -0.1) is 0 Å². The lowest BCUT2D eigenvalue weighted by Crippen LogP contribution is -2.30. The molecule has 3 aromatic carbocycles. The number of carbonyl (C=O) groups is 1. The molecule has 178 valence electrons. The highest BCUT2D eigenvalue weighted by Crippen LogP contribution is 2.31. The van der Waals surface area contributed by atoms with E-state index in [0.29, 0.717) is 49.1 Å².